The first-order valence-electron chi connectivity index (χ1n) is 7.50. The summed E-state index contributed by atoms with van der Waals surface area (Å²) in [6.07, 6.45) is 3.77. The third-order valence-corrected chi connectivity index (χ3v) is 4.01. The summed E-state index contributed by atoms with van der Waals surface area (Å²) in [5.41, 5.74) is 10.5. The van der Waals surface area contributed by atoms with E-state index in [1.54, 1.807) is 7.11 Å². The number of nitrogens with two attached hydrogens (primary N) is 1. The first-order chi connectivity index (χ1) is 10.3. The van der Waals surface area contributed by atoms with Gasteiger partial charge in [-0.15, -0.1) is 0 Å². The topological polar surface area (TPSA) is 69.0 Å². The van der Waals surface area contributed by atoms with E-state index in [0.717, 1.165) is 24.4 Å². The number of hydrogen-bond acceptors (Lipinski definition) is 6. The Balaban J connectivity index is 1.79. The smallest absolute Gasteiger partial charge is 0.231 e. The van der Waals surface area contributed by atoms with Gasteiger partial charge in [0.25, 0.3) is 0 Å². The predicted molar refractivity (Wildman–Crippen MR) is 79.5 cm³/mol. The van der Waals surface area contributed by atoms with Crippen molar-refractivity contribution in [1.29, 1.82) is 0 Å². The lowest BCUT2D eigenvalue weighted by molar-refractivity contribution is 0.130. The highest BCUT2D eigenvalue weighted by Gasteiger charge is 2.24. The van der Waals surface area contributed by atoms with Crippen LogP contribution in [0.15, 0.2) is 12.1 Å². The van der Waals surface area contributed by atoms with Crippen molar-refractivity contribution >= 4 is 0 Å². The largest absolute Gasteiger partial charge is 0.493 e. The Hall–Kier alpha value is -1.50. The van der Waals surface area contributed by atoms with Crippen molar-refractivity contribution in [1.82, 2.24) is 10.4 Å². The molecule has 1 aromatic carbocycles. The molecule has 6 heteroatoms. The molecular formula is C15H23N3O3. The molecule has 0 bridgehead atoms. The zero-order chi connectivity index (χ0) is 14.7. The van der Waals surface area contributed by atoms with E-state index < -0.39 is 0 Å². The SMILES string of the molecule is COc1cc(C(CN)NN2CCCCC2)cc2c1OCO2. The van der Waals surface area contributed by atoms with Crippen LogP contribution in [0.1, 0.15) is 30.9 Å². The maximum atomic E-state index is 5.96. The van der Waals surface area contributed by atoms with Crippen LogP contribution in [0.25, 0.3) is 0 Å². The van der Waals surface area contributed by atoms with E-state index in [0.29, 0.717) is 18.0 Å². The number of nitrogens with one attached hydrogen (secondary N) is 1. The fourth-order valence-electron chi connectivity index (χ4n) is 2.86. The molecule has 1 atom stereocenters. The Kier molecular flexibility index (Phi) is 4.48. The summed E-state index contributed by atoms with van der Waals surface area (Å²) in [5.74, 6) is 2.09. The van der Waals surface area contributed by atoms with Crippen LogP contribution in [0.4, 0.5) is 0 Å². The number of benzene rings is 1. The third kappa shape index (κ3) is 3.07. The van der Waals surface area contributed by atoms with Crippen LogP contribution in [0.5, 0.6) is 17.2 Å². The molecule has 21 heavy (non-hydrogen) atoms. The summed E-state index contributed by atoms with van der Waals surface area (Å²) in [6.45, 7) is 2.89. The van der Waals surface area contributed by atoms with Gasteiger partial charge in [-0.05, 0) is 30.5 Å². The highest BCUT2D eigenvalue weighted by molar-refractivity contribution is 5.55. The molecular weight excluding hydrogens is 270 g/mol. The minimum atomic E-state index is 0.0477. The van der Waals surface area contributed by atoms with Crippen molar-refractivity contribution < 1.29 is 14.2 Å². The monoisotopic (exact) mass is 293 g/mol. The first kappa shape index (κ1) is 14.4. The molecule has 0 aromatic heterocycles. The molecule has 2 heterocycles. The number of hydrazine groups is 1. The number of piperidine rings is 1. The minimum absolute atomic E-state index is 0.0477. The third-order valence-electron chi connectivity index (χ3n) is 4.01. The van der Waals surface area contributed by atoms with E-state index in [4.69, 9.17) is 19.9 Å². The Bertz CT molecular complexity index is 489. The van der Waals surface area contributed by atoms with Gasteiger partial charge in [0.1, 0.15) is 0 Å². The van der Waals surface area contributed by atoms with E-state index in [9.17, 15) is 0 Å². The van der Waals surface area contributed by atoms with Crippen LogP contribution in [0.2, 0.25) is 0 Å². The molecule has 0 spiro atoms. The van der Waals surface area contributed by atoms with Gasteiger partial charge in [-0.2, -0.15) is 0 Å². The van der Waals surface area contributed by atoms with Crippen molar-refractivity contribution in [3.05, 3.63) is 17.7 Å². The Morgan fingerprint density at radius 3 is 2.81 bits per heavy atom. The molecule has 0 saturated carbocycles. The van der Waals surface area contributed by atoms with E-state index in [1.807, 2.05) is 12.1 Å². The summed E-state index contributed by atoms with van der Waals surface area (Å²) < 4.78 is 16.3. The molecule has 0 amide bonds. The van der Waals surface area contributed by atoms with Gasteiger partial charge in [-0.25, -0.2) is 10.4 Å². The van der Waals surface area contributed by atoms with Crippen LogP contribution in [0.3, 0.4) is 0 Å². The van der Waals surface area contributed by atoms with Crippen molar-refractivity contribution in [2.45, 2.75) is 25.3 Å². The predicted octanol–water partition coefficient (Wildman–Crippen LogP) is 1.41. The lowest BCUT2D eigenvalue weighted by Crippen LogP contribution is -2.45. The van der Waals surface area contributed by atoms with Crippen molar-refractivity contribution in [2.75, 3.05) is 33.5 Å². The highest BCUT2D eigenvalue weighted by Crippen LogP contribution is 2.42. The molecule has 2 aliphatic rings. The number of fused-ring (bicyclic) bond motifs is 1. The van der Waals surface area contributed by atoms with Gasteiger partial charge in [-0.3, -0.25) is 0 Å². The van der Waals surface area contributed by atoms with Crippen LogP contribution in [-0.2, 0) is 0 Å². The van der Waals surface area contributed by atoms with Gasteiger partial charge in [0, 0.05) is 19.6 Å². The van der Waals surface area contributed by atoms with Crippen molar-refractivity contribution in [2.24, 2.45) is 5.73 Å². The van der Waals surface area contributed by atoms with Crippen LogP contribution >= 0.6 is 0 Å². The summed E-state index contributed by atoms with van der Waals surface area (Å²) >= 11 is 0. The van der Waals surface area contributed by atoms with E-state index in [-0.39, 0.29) is 12.8 Å². The molecule has 3 N–H and O–H groups in total. The average molecular weight is 293 g/mol. The van der Waals surface area contributed by atoms with Gasteiger partial charge in [-0.1, -0.05) is 6.42 Å². The van der Waals surface area contributed by atoms with E-state index in [1.165, 1.54) is 19.3 Å². The number of methoxy groups -OCH3 is 1. The summed E-state index contributed by atoms with van der Waals surface area (Å²) in [5, 5.41) is 2.26. The fourth-order valence-corrected chi connectivity index (χ4v) is 2.86. The first-order valence-corrected chi connectivity index (χ1v) is 7.50. The second-order valence-electron chi connectivity index (χ2n) is 5.42. The maximum Gasteiger partial charge on any atom is 0.231 e. The van der Waals surface area contributed by atoms with Gasteiger partial charge >= 0.3 is 0 Å². The Morgan fingerprint density at radius 1 is 1.29 bits per heavy atom. The molecule has 0 aliphatic carbocycles. The van der Waals surface area contributed by atoms with Crippen LogP contribution in [-0.4, -0.2) is 38.5 Å². The standard InChI is InChI=1S/C15H23N3O3/c1-19-13-7-11(8-14-15(13)21-10-20-14)12(9-16)17-18-5-3-2-4-6-18/h7-8,12,17H,2-6,9-10,16H2,1H3. The molecule has 6 nitrogen and oxygen atoms in total. The number of nitrogens with zero attached hydrogens (tertiary/aromatic N) is 1. The second-order valence-corrected chi connectivity index (χ2v) is 5.42. The molecule has 1 aromatic rings. The summed E-state index contributed by atoms with van der Waals surface area (Å²) in [4.78, 5) is 0. The molecule has 2 aliphatic heterocycles. The lowest BCUT2D eigenvalue weighted by Gasteiger charge is -2.31. The van der Waals surface area contributed by atoms with Crippen LogP contribution < -0.4 is 25.4 Å². The molecule has 0 radical (unpaired) electrons. The van der Waals surface area contributed by atoms with Gasteiger partial charge in [0.05, 0.1) is 13.2 Å². The zero-order valence-electron chi connectivity index (χ0n) is 12.4. The molecule has 1 saturated heterocycles. The Labute approximate surface area is 125 Å². The summed E-state index contributed by atoms with van der Waals surface area (Å²) in [6, 6.07) is 4.01. The normalized spacial score (nSPS) is 19.5. The van der Waals surface area contributed by atoms with E-state index >= 15 is 0 Å². The number of rotatable bonds is 5. The lowest BCUT2D eigenvalue weighted by atomic mass is 10.1. The zero-order valence-corrected chi connectivity index (χ0v) is 12.4. The highest BCUT2D eigenvalue weighted by atomic mass is 16.7. The maximum absolute atomic E-state index is 5.96. The average Bonchev–Trinajstić information content (AvgIpc) is 3.01. The molecule has 1 fully saturated rings. The van der Waals surface area contributed by atoms with Gasteiger partial charge in [0.15, 0.2) is 11.5 Å². The van der Waals surface area contributed by atoms with Crippen LogP contribution in [0, 0.1) is 0 Å². The molecule has 1 unspecified atom stereocenters. The number of hydrogen-bond donors (Lipinski definition) is 2. The quantitative estimate of drug-likeness (QED) is 0.855. The number of ether oxygens (including phenoxy) is 3. The van der Waals surface area contributed by atoms with Crippen molar-refractivity contribution in [3.8, 4) is 17.2 Å². The van der Waals surface area contributed by atoms with Gasteiger partial charge in [0.2, 0.25) is 12.5 Å². The second kappa shape index (κ2) is 6.51. The fraction of sp³-hybridized carbons (Fsp3) is 0.600. The molecule has 3 rings (SSSR count). The van der Waals surface area contributed by atoms with Crippen molar-refractivity contribution in [3.63, 3.8) is 0 Å². The summed E-state index contributed by atoms with van der Waals surface area (Å²) in [7, 11) is 1.64. The van der Waals surface area contributed by atoms with E-state index in [2.05, 4.69) is 10.4 Å². The van der Waals surface area contributed by atoms with Gasteiger partial charge < -0.3 is 19.9 Å². The minimum Gasteiger partial charge on any atom is -0.493 e. The molecule has 116 valence electrons. The Morgan fingerprint density at radius 2 is 2.10 bits per heavy atom.